The molecule has 0 aromatic heterocycles. The Hall–Kier alpha value is -1.10. The second kappa shape index (κ2) is 5.35. The van der Waals surface area contributed by atoms with Crippen molar-refractivity contribution >= 4 is 11.8 Å². The predicted octanol–water partition coefficient (Wildman–Crippen LogP) is 1.23. The summed E-state index contributed by atoms with van der Waals surface area (Å²) in [6.07, 6.45) is 4.01. The van der Waals surface area contributed by atoms with Crippen LogP contribution in [0.25, 0.3) is 0 Å². The lowest BCUT2D eigenvalue weighted by Gasteiger charge is -2.35. The number of hydrogen-bond donors (Lipinski definition) is 0. The fourth-order valence-electron chi connectivity index (χ4n) is 3.38. The highest BCUT2D eigenvalue weighted by Gasteiger charge is 2.43. The van der Waals surface area contributed by atoms with Gasteiger partial charge in [-0.05, 0) is 31.6 Å². The minimum Gasteiger partial charge on any atom is -0.377 e. The van der Waals surface area contributed by atoms with Crippen molar-refractivity contribution in [2.45, 2.75) is 51.7 Å². The van der Waals surface area contributed by atoms with Crippen molar-refractivity contribution in [3.63, 3.8) is 0 Å². The Morgan fingerprint density at radius 1 is 1.30 bits per heavy atom. The summed E-state index contributed by atoms with van der Waals surface area (Å²) in [5, 5.41) is 0. The van der Waals surface area contributed by atoms with E-state index in [0.29, 0.717) is 18.6 Å². The first-order chi connectivity index (χ1) is 9.58. The molecule has 0 bridgehead atoms. The molecule has 2 aliphatic heterocycles. The van der Waals surface area contributed by atoms with Gasteiger partial charge in [-0.1, -0.05) is 13.8 Å². The van der Waals surface area contributed by atoms with Crippen molar-refractivity contribution in [3.8, 4) is 0 Å². The van der Waals surface area contributed by atoms with Gasteiger partial charge in [0.25, 0.3) is 0 Å². The molecule has 3 fully saturated rings. The summed E-state index contributed by atoms with van der Waals surface area (Å²) in [5.74, 6) is 0.483. The summed E-state index contributed by atoms with van der Waals surface area (Å²) >= 11 is 0. The third kappa shape index (κ3) is 2.55. The Morgan fingerprint density at radius 2 is 2.05 bits per heavy atom. The van der Waals surface area contributed by atoms with Crippen LogP contribution >= 0.6 is 0 Å². The molecule has 5 heteroatoms. The summed E-state index contributed by atoms with van der Waals surface area (Å²) in [7, 11) is 0. The van der Waals surface area contributed by atoms with Gasteiger partial charge in [0.2, 0.25) is 11.8 Å². The average Bonchev–Trinajstić information content (AvgIpc) is 3.21. The van der Waals surface area contributed by atoms with Gasteiger partial charge in [0.05, 0.1) is 18.7 Å². The van der Waals surface area contributed by atoms with Crippen LogP contribution in [0.1, 0.15) is 39.5 Å². The average molecular weight is 280 g/mol. The molecule has 0 aromatic carbocycles. The molecule has 0 aromatic rings. The smallest absolute Gasteiger partial charge is 0.243 e. The predicted molar refractivity (Wildman–Crippen MR) is 73.8 cm³/mol. The highest BCUT2D eigenvalue weighted by atomic mass is 16.5. The molecule has 112 valence electrons. The van der Waals surface area contributed by atoms with Crippen LogP contribution in [0.5, 0.6) is 0 Å². The summed E-state index contributed by atoms with van der Waals surface area (Å²) in [4.78, 5) is 28.3. The molecule has 5 nitrogen and oxygen atoms in total. The molecule has 0 N–H and O–H groups in total. The van der Waals surface area contributed by atoms with Crippen molar-refractivity contribution in [1.29, 1.82) is 0 Å². The number of ether oxygens (including phenoxy) is 1. The van der Waals surface area contributed by atoms with E-state index >= 15 is 0 Å². The molecule has 3 aliphatic rings. The first kappa shape index (κ1) is 13.9. The molecule has 3 rings (SSSR count). The first-order valence-electron chi connectivity index (χ1n) is 7.78. The maximum absolute atomic E-state index is 12.7. The molecule has 2 amide bonds. The van der Waals surface area contributed by atoms with Gasteiger partial charge < -0.3 is 14.5 Å². The van der Waals surface area contributed by atoms with E-state index in [2.05, 4.69) is 13.8 Å². The largest absolute Gasteiger partial charge is 0.377 e. The molecule has 2 unspecified atom stereocenters. The third-order valence-corrected chi connectivity index (χ3v) is 4.61. The summed E-state index contributed by atoms with van der Waals surface area (Å²) in [6, 6.07) is 0.392. The van der Waals surface area contributed by atoms with Crippen LogP contribution in [0.3, 0.4) is 0 Å². The number of hydrogen-bond acceptors (Lipinski definition) is 3. The zero-order valence-corrected chi connectivity index (χ0v) is 12.4. The molecule has 0 radical (unpaired) electrons. The van der Waals surface area contributed by atoms with Gasteiger partial charge in [-0.3, -0.25) is 9.59 Å². The van der Waals surface area contributed by atoms with E-state index in [-0.39, 0.29) is 30.4 Å². The van der Waals surface area contributed by atoms with Gasteiger partial charge in [0.1, 0.15) is 6.54 Å². The van der Waals surface area contributed by atoms with Crippen LogP contribution in [0.4, 0.5) is 0 Å². The summed E-state index contributed by atoms with van der Waals surface area (Å²) < 4.78 is 5.80. The van der Waals surface area contributed by atoms with Crippen molar-refractivity contribution in [3.05, 3.63) is 0 Å². The zero-order chi connectivity index (χ0) is 14.3. The Morgan fingerprint density at radius 3 is 2.70 bits per heavy atom. The standard InChI is InChI=1S/C15H24N2O3/c1-10(2)14-12(4-3-7-20-14)15(19)16-8-13(18)17(9-16)11-5-6-11/h10-12,14H,3-9H2,1-2H3. The molecular weight excluding hydrogens is 256 g/mol. The highest BCUT2D eigenvalue weighted by Crippen LogP contribution is 2.32. The lowest BCUT2D eigenvalue weighted by Crippen LogP contribution is -2.45. The first-order valence-corrected chi connectivity index (χ1v) is 7.78. The van der Waals surface area contributed by atoms with Gasteiger partial charge in [0, 0.05) is 12.6 Å². The fraction of sp³-hybridized carbons (Fsp3) is 0.867. The lowest BCUT2D eigenvalue weighted by molar-refractivity contribution is -0.147. The minimum absolute atomic E-state index is 0.00123. The molecule has 2 saturated heterocycles. The van der Waals surface area contributed by atoms with Crippen LogP contribution in [0.15, 0.2) is 0 Å². The van der Waals surface area contributed by atoms with E-state index in [9.17, 15) is 9.59 Å². The van der Waals surface area contributed by atoms with E-state index in [1.807, 2.05) is 4.90 Å². The van der Waals surface area contributed by atoms with Gasteiger partial charge in [0.15, 0.2) is 0 Å². The number of nitrogens with zero attached hydrogens (tertiary/aromatic N) is 2. The maximum Gasteiger partial charge on any atom is 0.243 e. The highest BCUT2D eigenvalue weighted by molar-refractivity contribution is 5.89. The van der Waals surface area contributed by atoms with E-state index < -0.39 is 0 Å². The lowest BCUT2D eigenvalue weighted by atomic mass is 9.86. The van der Waals surface area contributed by atoms with Gasteiger partial charge in [-0.15, -0.1) is 0 Å². The van der Waals surface area contributed by atoms with Crippen molar-refractivity contribution < 1.29 is 14.3 Å². The Labute approximate surface area is 120 Å². The van der Waals surface area contributed by atoms with E-state index in [4.69, 9.17) is 4.74 Å². The number of carbonyl (C=O) groups is 2. The number of amides is 2. The molecule has 1 aliphatic carbocycles. The van der Waals surface area contributed by atoms with Crippen LogP contribution in [-0.4, -0.2) is 53.6 Å². The quantitative estimate of drug-likeness (QED) is 0.781. The fourth-order valence-corrected chi connectivity index (χ4v) is 3.38. The third-order valence-electron chi connectivity index (χ3n) is 4.61. The molecule has 2 heterocycles. The summed E-state index contributed by atoms with van der Waals surface area (Å²) in [6.45, 7) is 5.70. The second-order valence-electron chi connectivity index (χ2n) is 6.60. The Bertz CT molecular complexity index is 406. The van der Waals surface area contributed by atoms with Crippen LogP contribution < -0.4 is 0 Å². The maximum atomic E-state index is 12.7. The Balaban J connectivity index is 1.67. The topological polar surface area (TPSA) is 49.9 Å². The molecule has 2 atom stereocenters. The summed E-state index contributed by atoms with van der Waals surface area (Å²) in [5.41, 5.74) is 0. The normalized spacial score (nSPS) is 31.2. The SMILES string of the molecule is CC(C)C1OCCCC1C(=O)N1CC(=O)N(C2CC2)C1. The van der Waals surface area contributed by atoms with Crippen molar-refractivity contribution in [2.75, 3.05) is 19.8 Å². The molecule has 1 saturated carbocycles. The van der Waals surface area contributed by atoms with E-state index in [0.717, 1.165) is 32.3 Å². The van der Waals surface area contributed by atoms with Crippen molar-refractivity contribution in [1.82, 2.24) is 9.80 Å². The van der Waals surface area contributed by atoms with E-state index in [1.54, 1.807) is 4.90 Å². The Kier molecular flexibility index (Phi) is 3.71. The number of rotatable bonds is 3. The zero-order valence-electron chi connectivity index (χ0n) is 12.4. The van der Waals surface area contributed by atoms with Crippen molar-refractivity contribution in [2.24, 2.45) is 11.8 Å². The minimum atomic E-state index is -0.0734. The van der Waals surface area contributed by atoms with Crippen LogP contribution in [0, 0.1) is 11.8 Å². The van der Waals surface area contributed by atoms with E-state index in [1.165, 1.54) is 0 Å². The second-order valence-corrected chi connectivity index (χ2v) is 6.60. The van der Waals surface area contributed by atoms with Crippen LogP contribution in [0.2, 0.25) is 0 Å². The molecule has 20 heavy (non-hydrogen) atoms. The molecule has 0 spiro atoms. The van der Waals surface area contributed by atoms with Gasteiger partial charge in [-0.25, -0.2) is 0 Å². The number of carbonyl (C=O) groups excluding carboxylic acids is 2. The van der Waals surface area contributed by atoms with Crippen LogP contribution in [-0.2, 0) is 14.3 Å². The molecular formula is C15H24N2O3. The van der Waals surface area contributed by atoms with Gasteiger partial charge >= 0.3 is 0 Å². The van der Waals surface area contributed by atoms with Gasteiger partial charge in [-0.2, -0.15) is 0 Å². The monoisotopic (exact) mass is 280 g/mol.